The van der Waals surface area contributed by atoms with Gasteiger partial charge in [0.15, 0.2) is 11.3 Å². The highest BCUT2D eigenvalue weighted by molar-refractivity contribution is 6.04. The van der Waals surface area contributed by atoms with Crippen molar-refractivity contribution in [3.8, 4) is 5.75 Å². The summed E-state index contributed by atoms with van der Waals surface area (Å²) < 4.78 is 10.8. The van der Waals surface area contributed by atoms with Crippen LogP contribution in [0, 0.1) is 0 Å². The number of hydrogen-bond acceptors (Lipinski definition) is 4. The van der Waals surface area contributed by atoms with E-state index in [1.165, 1.54) is 12.5 Å². The minimum absolute atomic E-state index is 0.0110. The molecule has 2 aromatic heterocycles. The molecule has 0 radical (unpaired) electrons. The Labute approximate surface area is 103 Å². The Bertz CT molecular complexity index is 668. The average molecular weight is 244 g/mol. The molecule has 3 rings (SSSR count). The Morgan fingerprint density at radius 2 is 1.89 bits per heavy atom. The Morgan fingerprint density at radius 3 is 2.61 bits per heavy atom. The van der Waals surface area contributed by atoms with E-state index >= 15 is 0 Å². The normalized spacial score (nSPS) is 13.2. The van der Waals surface area contributed by atoms with E-state index in [2.05, 4.69) is 0 Å². The van der Waals surface area contributed by atoms with E-state index in [0.717, 1.165) is 17.2 Å². The van der Waals surface area contributed by atoms with Crippen molar-refractivity contribution < 1.29 is 18.7 Å². The summed E-state index contributed by atoms with van der Waals surface area (Å²) >= 11 is 0. The van der Waals surface area contributed by atoms with Gasteiger partial charge in [0.1, 0.15) is 11.9 Å². The lowest BCUT2D eigenvalue weighted by Gasteiger charge is -2.11. The van der Waals surface area contributed by atoms with Gasteiger partial charge >= 0.3 is 0 Å². The largest absolute Gasteiger partial charge is 0.504 e. The van der Waals surface area contributed by atoms with E-state index in [1.807, 2.05) is 6.92 Å². The van der Waals surface area contributed by atoms with E-state index in [0.29, 0.717) is 23.0 Å². The fraction of sp³-hybridized carbons (Fsp3) is 0.214. The highest BCUT2D eigenvalue weighted by Gasteiger charge is 2.21. The summed E-state index contributed by atoms with van der Waals surface area (Å²) in [5.74, 6) is 0.0950. The predicted molar refractivity (Wildman–Crippen MR) is 66.7 cm³/mol. The van der Waals surface area contributed by atoms with Crippen LogP contribution in [0.2, 0.25) is 0 Å². The van der Waals surface area contributed by atoms with E-state index in [-0.39, 0.29) is 11.7 Å². The van der Waals surface area contributed by atoms with Crippen molar-refractivity contribution in [3.63, 3.8) is 0 Å². The summed E-state index contributed by atoms with van der Waals surface area (Å²) in [5, 5.41) is 11.5. The molecule has 4 heteroatoms. The Morgan fingerprint density at radius 1 is 1.22 bits per heavy atom. The number of furan rings is 2. The molecule has 0 aliphatic rings. The smallest absolute Gasteiger partial charge is 0.176 e. The summed E-state index contributed by atoms with van der Waals surface area (Å²) in [6.07, 6.45) is 4.35. The third-order valence-electron chi connectivity index (χ3n) is 3.28. The van der Waals surface area contributed by atoms with Gasteiger partial charge < -0.3 is 18.7 Å². The van der Waals surface area contributed by atoms with Gasteiger partial charge in [-0.05, 0) is 18.1 Å². The van der Waals surface area contributed by atoms with E-state index in [1.54, 1.807) is 12.1 Å². The van der Waals surface area contributed by atoms with Crippen molar-refractivity contribution in [2.45, 2.75) is 19.3 Å². The summed E-state index contributed by atoms with van der Waals surface area (Å²) in [6.45, 7) is 1.95. The van der Waals surface area contributed by atoms with Crippen LogP contribution in [0.4, 0.5) is 0 Å². The lowest BCUT2D eigenvalue weighted by atomic mass is 9.93. The Balaban J connectivity index is 2.43. The number of phenolic OH excluding ortho intramolecular Hbond substituents is 1. The lowest BCUT2D eigenvalue weighted by molar-refractivity contribution is -0.108. The molecule has 0 bridgehead atoms. The molecule has 2 heterocycles. The number of fused-ring (bicyclic) bond motifs is 2. The number of aldehydes is 1. The van der Waals surface area contributed by atoms with Crippen molar-refractivity contribution >= 4 is 28.2 Å². The fourth-order valence-corrected chi connectivity index (χ4v) is 2.41. The Hall–Kier alpha value is -2.23. The van der Waals surface area contributed by atoms with Gasteiger partial charge in [0.05, 0.1) is 17.9 Å². The molecule has 0 saturated carbocycles. The SMILES string of the molecule is CC(CC=O)c1c2ccoc2c(O)c2ccoc12. The maximum Gasteiger partial charge on any atom is 0.176 e. The monoisotopic (exact) mass is 244 g/mol. The average Bonchev–Trinajstić information content (AvgIpc) is 2.97. The first-order valence-electron chi connectivity index (χ1n) is 5.77. The topological polar surface area (TPSA) is 63.6 Å². The molecular formula is C14H12O4. The van der Waals surface area contributed by atoms with Gasteiger partial charge in [-0.2, -0.15) is 0 Å². The maximum absolute atomic E-state index is 10.7. The van der Waals surface area contributed by atoms with Crippen LogP contribution in [-0.2, 0) is 4.79 Å². The van der Waals surface area contributed by atoms with Gasteiger partial charge in [0.2, 0.25) is 0 Å². The molecule has 1 aromatic carbocycles. The summed E-state index contributed by atoms with van der Waals surface area (Å²) in [4.78, 5) is 10.7. The van der Waals surface area contributed by atoms with Crippen LogP contribution in [0.25, 0.3) is 21.9 Å². The number of carbonyl (C=O) groups excluding carboxylic acids is 1. The number of hydrogen-bond donors (Lipinski definition) is 1. The number of carbonyl (C=O) groups is 1. The second-order valence-corrected chi connectivity index (χ2v) is 4.39. The van der Waals surface area contributed by atoms with E-state index in [4.69, 9.17) is 8.83 Å². The molecule has 1 N–H and O–H groups in total. The van der Waals surface area contributed by atoms with Gasteiger partial charge in [-0.15, -0.1) is 0 Å². The quantitative estimate of drug-likeness (QED) is 0.715. The minimum atomic E-state index is 0.0110. The molecule has 3 aromatic rings. The first kappa shape index (κ1) is 10.9. The highest BCUT2D eigenvalue weighted by atomic mass is 16.4. The van der Waals surface area contributed by atoms with E-state index in [9.17, 15) is 9.90 Å². The van der Waals surface area contributed by atoms with Crippen LogP contribution >= 0.6 is 0 Å². The van der Waals surface area contributed by atoms with Crippen LogP contribution in [0.3, 0.4) is 0 Å². The van der Waals surface area contributed by atoms with Crippen molar-refractivity contribution in [2.75, 3.05) is 0 Å². The van der Waals surface area contributed by atoms with Crippen LogP contribution in [0.15, 0.2) is 33.5 Å². The fourth-order valence-electron chi connectivity index (χ4n) is 2.41. The first-order chi connectivity index (χ1) is 8.74. The van der Waals surface area contributed by atoms with Crippen molar-refractivity contribution in [1.29, 1.82) is 0 Å². The molecule has 18 heavy (non-hydrogen) atoms. The second-order valence-electron chi connectivity index (χ2n) is 4.39. The van der Waals surface area contributed by atoms with Crippen molar-refractivity contribution in [2.24, 2.45) is 0 Å². The van der Waals surface area contributed by atoms with Crippen LogP contribution < -0.4 is 0 Å². The molecule has 1 atom stereocenters. The van der Waals surface area contributed by atoms with Crippen LogP contribution in [0.1, 0.15) is 24.8 Å². The Kier molecular flexibility index (Phi) is 2.37. The van der Waals surface area contributed by atoms with Crippen LogP contribution in [-0.4, -0.2) is 11.4 Å². The van der Waals surface area contributed by atoms with Gasteiger partial charge in [0, 0.05) is 17.4 Å². The summed E-state index contributed by atoms with van der Waals surface area (Å²) in [6, 6.07) is 3.48. The molecule has 0 spiro atoms. The zero-order valence-electron chi connectivity index (χ0n) is 9.84. The molecule has 1 unspecified atom stereocenters. The van der Waals surface area contributed by atoms with Crippen molar-refractivity contribution in [3.05, 3.63) is 30.2 Å². The van der Waals surface area contributed by atoms with Gasteiger partial charge in [-0.25, -0.2) is 0 Å². The molecule has 0 amide bonds. The van der Waals surface area contributed by atoms with Crippen LogP contribution in [0.5, 0.6) is 5.75 Å². The first-order valence-corrected chi connectivity index (χ1v) is 5.77. The lowest BCUT2D eigenvalue weighted by Crippen LogP contribution is -1.96. The zero-order chi connectivity index (χ0) is 12.7. The van der Waals surface area contributed by atoms with E-state index < -0.39 is 0 Å². The maximum atomic E-state index is 10.7. The van der Waals surface area contributed by atoms with Gasteiger partial charge in [-0.1, -0.05) is 6.92 Å². The standard InChI is InChI=1S/C14H12O4/c1-8(2-5-15)11-9-3-6-18-14(9)12(16)10-4-7-17-13(10)11/h3-8,16H,2H2,1H3. The van der Waals surface area contributed by atoms with Gasteiger partial charge in [-0.3, -0.25) is 0 Å². The number of phenols is 1. The molecule has 0 fully saturated rings. The predicted octanol–water partition coefficient (Wildman–Crippen LogP) is 3.58. The third kappa shape index (κ3) is 1.35. The molecule has 0 saturated heterocycles. The minimum Gasteiger partial charge on any atom is -0.504 e. The number of rotatable bonds is 3. The van der Waals surface area contributed by atoms with Gasteiger partial charge in [0.25, 0.3) is 0 Å². The molecule has 0 aliphatic carbocycles. The molecule has 4 nitrogen and oxygen atoms in total. The molecule has 92 valence electrons. The second kappa shape index (κ2) is 3.91. The molecular weight excluding hydrogens is 232 g/mol. The summed E-state index contributed by atoms with van der Waals surface area (Å²) in [5.41, 5.74) is 1.97. The number of aromatic hydroxyl groups is 1. The number of benzene rings is 1. The van der Waals surface area contributed by atoms with Crippen molar-refractivity contribution in [1.82, 2.24) is 0 Å². The highest BCUT2D eigenvalue weighted by Crippen LogP contribution is 2.42. The summed E-state index contributed by atoms with van der Waals surface area (Å²) in [7, 11) is 0. The third-order valence-corrected chi connectivity index (χ3v) is 3.28. The molecule has 0 aliphatic heterocycles. The zero-order valence-corrected chi connectivity index (χ0v) is 9.84.